The zero-order valence-corrected chi connectivity index (χ0v) is 13.2. The van der Waals surface area contributed by atoms with Crippen molar-refractivity contribution in [2.75, 3.05) is 19.6 Å². The highest BCUT2D eigenvalue weighted by molar-refractivity contribution is 5.85. The van der Waals surface area contributed by atoms with Gasteiger partial charge >= 0.3 is 0 Å². The number of rotatable bonds is 5. The van der Waals surface area contributed by atoms with E-state index in [1.807, 2.05) is 0 Å². The molecular formula is C15H29ClN2O. The van der Waals surface area contributed by atoms with Crippen molar-refractivity contribution in [1.82, 2.24) is 10.6 Å². The zero-order valence-electron chi connectivity index (χ0n) is 12.3. The Hall–Kier alpha value is -0.280. The molecule has 1 aliphatic carbocycles. The van der Waals surface area contributed by atoms with Crippen LogP contribution in [0.25, 0.3) is 0 Å². The summed E-state index contributed by atoms with van der Waals surface area (Å²) in [5.74, 6) is 1.44. The van der Waals surface area contributed by atoms with Gasteiger partial charge in [-0.05, 0) is 56.0 Å². The van der Waals surface area contributed by atoms with Crippen LogP contribution in [0.3, 0.4) is 0 Å². The lowest BCUT2D eigenvalue weighted by atomic mass is 9.70. The Morgan fingerprint density at radius 2 is 2.16 bits per heavy atom. The maximum atomic E-state index is 12.0. The van der Waals surface area contributed by atoms with E-state index in [2.05, 4.69) is 24.5 Å². The maximum Gasteiger partial charge on any atom is 0.220 e. The first-order chi connectivity index (χ1) is 8.59. The molecule has 3 nitrogen and oxygen atoms in total. The van der Waals surface area contributed by atoms with Crippen LogP contribution in [-0.2, 0) is 4.79 Å². The number of carbonyl (C=O) groups is 1. The quantitative estimate of drug-likeness (QED) is 0.817. The molecule has 112 valence electrons. The van der Waals surface area contributed by atoms with Crippen molar-refractivity contribution >= 4 is 18.3 Å². The number of halogens is 1. The molecule has 1 saturated carbocycles. The summed E-state index contributed by atoms with van der Waals surface area (Å²) in [7, 11) is 0. The Kier molecular flexibility index (Phi) is 6.61. The van der Waals surface area contributed by atoms with E-state index >= 15 is 0 Å². The van der Waals surface area contributed by atoms with Gasteiger partial charge in [0, 0.05) is 13.0 Å². The Bertz CT molecular complexity index is 286. The number of piperidine rings is 1. The van der Waals surface area contributed by atoms with Gasteiger partial charge in [0.15, 0.2) is 0 Å². The van der Waals surface area contributed by atoms with Gasteiger partial charge in [-0.15, -0.1) is 12.4 Å². The molecule has 1 saturated heterocycles. The van der Waals surface area contributed by atoms with Crippen LogP contribution in [0.2, 0.25) is 0 Å². The van der Waals surface area contributed by atoms with Crippen LogP contribution in [0, 0.1) is 17.3 Å². The van der Waals surface area contributed by atoms with E-state index in [4.69, 9.17) is 0 Å². The first-order valence-electron chi connectivity index (χ1n) is 7.56. The van der Waals surface area contributed by atoms with Gasteiger partial charge in [-0.3, -0.25) is 4.79 Å². The van der Waals surface area contributed by atoms with E-state index < -0.39 is 0 Å². The lowest BCUT2D eigenvalue weighted by molar-refractivity contribution is -0.123. The third-order valence-corrected chi connectivity index (χ3v) is 4.92. The number of hydrogen-bond acceptors (Lipinski definition) is 2. The normalized spacial score (nSPS) is 26.7. The second-order valence-corrected chi connectivity index (χ2v) is 6.73. The van der Waals surface area contributed by atoms with Crippen LogP contribution in [0.5, 0.6) is 0 Å². The SMILES string of the molecule is CC(CC(=O)NCC1(C)CCC1)C1CCCNC1.Cl. The van der Waals surface area contributed by atoms with E-state index in [0.717, 1.165) is 19.6 Å². The molecular weight excluding hydrogens is 260 g/mol. The minimum atomic E-state index is 0. The average Bonchev–Trinajstić information content (AvgIpc) is 2.35. The molecule has 2 atom stereocenters. The number of hydrogen-bond donors (Lipinski definition) is 2. The summed E-state index contributed by atoms with van der Waals surface area (Å²) in [4.78, 5) is 12.0. The fraction of sp³-hybridized carbons (Fsp3) is 0.933. The van der Waals surface area contributed by atoms with Crippen molar-refractivity contribution in [3.63, 3.8) is 0 Å². The fourth-order valence-electron chi connectivity index (χ4n) is 3.16. The van der Waals surface area contributed by atoms with Gasteiger partial charge in [-0.25, -0.2) is 0 Å². The molecule has 1 heterocycles. The second-order valence-electron chi connectivity index (χ2n) is 6.73. The minimum Gasteiger partial charge on any atom is -0.356 e. The average molecular weight is 289 g/mol. The lowest BCUT2D eigenvalue weighted by Crippen LogP contribution is -2.41. The summed E-state index contributed by atoms with van der Waals surface area (Å²) >= 11 is 0. The predicted molar refractivity (Wildman–Crippen MR) is 81.6 cm³/mol. The van der Waals surface area contributed by atoms with Gasteiger partial charge in [-0.2, -0.15) is 0 Å². The zero-order chi connectivity index (χ0) is 13.0. The molecule has 0 bridgehead atoms. The lowest BCUT2D eigenvalue weighted by Gasteiger charge is -2.38. The first-order valence-corrected chi connectivity index (χ1v) is 7.56. The van der Waals surface area contributed by atoms with Crippen molar-refractivity contribution < 1.29 is 4.79 Å². The van der Waals surface area contributed by atoms with Gasteiger partial charge in [0.05, 0.1) is 0 Å². The van der Waals surface area contributed by atoms with Crippen LogP contribution in [0.15, 0.2) is 0 Å². The number of nitrogens with one attached hydrogen (secondary N) is 2. The standard InChI is InChI=1S/C15H28N2O.ClH/c1-12(13-5-3-8-16-10-13)9-14(18)17-11-15(2)6-4-7-15;/h12-13,16H,3-11H2,1-2H3,(H,17,18);1H. The summed E-state index contributed by atoms with van der Waals surface area (Å²) in [6.45, 7) is 7.62. The van der Waals surface area contributed by atoms with Gasteiger partial charge < -0.3 is 10.6 Å². The van der Waals surface area contributed by atoms with Crippen molar-refractivity contribution in [3.8, 4) is 0 Å². The number of amides is 1. The van der Waals surface area contributed by atoms with Gasteiger partial charge in [0.1, 0.15) is 0 Å². The molecule has 1 amide bonds. The molecule has 0 aromatic rings. The van der Waals surface area contributed by atoms with Crippen LogP contribution >= 0.6 is 12.4 Å². The van der Waals surface area contributed by atoms with E-state index in [0.29, 0.717) is 23.7 Å². The molecule has 1 aliphatic heterocycles. The van der Waals surface area contributed by atoms with Crippen LogP contribution in [0.4, 0.5) is 0 Å². The van der Waals surface area contributed by atoms with Crippen molar-refractivity contribution in [3.05, 3.63) is 0 Å². The molecule has 2 fully saturated rings. The predicted octanol–water partition coefficient (Wildman–Crippen LogP) is 2.74. The molecule has 2 rings (SSSR count). The topological polar surface area (TPSA) is 41.1 Å². The van der Waals surface area contributed by atoms with Crippen molar-refractivity contribution in [1.29, 1.82) is 0 Å². The van der Waals surface area contributed by atoms with Gasteiger partial charge in [-0.1, -0.05) is 20.3 Å². The van der Waals surface area contributed by atoms with E-state index in [1.165, 1.54) is 32.1 Å². The van der Waals surface area contributed by atoms with Crippen LogP contribution in [-0.4, -0.2) is 25.5 Å². The van der Waals surface area contributed by atoms with Crippen molar-refractivity contribution in [2.24, 2.45) is 17.3 Å². The highest BCUT2D eigenvalue weighted by Gasteiger charge is 2.32. The molecule has 0 spiro atoms. The fourth-order valence-corrected chi connectivity index (χ4v) is 3.16. The van der Waals surface area contributed by atoms with Crippen LogP contribution < -0.4 is 10.6 Å². The third-order valence-electron chi connectivity index (χ3n) is 4.92. The van der Waals surface area contributed by atoms with Crippen LogP contribution in [0.1, 0.15) is 52.4 Å². The summed E-state index contributed by atoms with van der Waals surface area (Å²) in [6, 6.07) is 0. The molecule has 2 aliphatic rings. The highest BCUT2D eigenvalue weighted by atomic mass is 35.5. The molecule has 4 heteroatoms. The molecule has 0 radical (unpaired) electrons. The largest absolute Gasteiger partial charge is 0.356 e. The molecule has 19 heavy (non-hydrogen) atoms. The summed E-state index contributed by atoms with van der Waals surface area (Å²) in [5.41, 5.74) is 0.394. The smallest absolute Gasteiger partial charge is 0.220 e. The van der Waals surface area contributed by atoms with Gasteiger partial charge in [0.2, 0.25) is 5.91 Å². The third kappa shape index (κ3) is 4.96. The highest BCUT2D eigenvalue weighted by Crippen LogP contribution is 2.39. The monoisotopic (exact) mass is 288 g/mol. The van der Waals surface area contributed by atoms with E-state index in [9.17, 15) is 4.79 Å². The molecule has 0 aromatic carbocycles. The Morgan fingerprint density at radius 3 is 2.68 bits per heavy atom. The van der Waals surface area contributed by atoms with E-state index in [1.54, 1.807) is 0 Å². The summed E-state index contributed by atoms with van der Waals surface area (Å²) in [6.07, 6.45) is 7.11. The molecule has 2 N–H and O–H groups in total. The van der Waals surface area contributed by atoms with E-state index in [-0.39, 0.29) is 18.3 Å². The second kappa shape index (κ2) is 7.49. The first kappa shape index (κ1) is 16.8. The summed E-state index contributed by atoms with van der Waals surface area (Å²) in [5, 5.41) is 6.57. The van der Waals surface area contributed by atoms with Gasteiger partial charge in [0.25, 0.3) is 0 Å². The minimum absolute atomic E-state index is 0. The Balaban J connectivity index is 0.00000180. The van der Waals surface area contributed by atoms with Crippen molar-refractivity contribution in [2.45, 2.75) is 52.4 Å². The molecule has 2 unspecified atom stereocenters. The Morgan fingerprint density at radius 1 is 1.42 bits per heavy atom. The summed E-state index contributed by atoms with van der Waals surface area (Å²) < 4.78 is 0. The number of carbonyl (C=O) groups excluding carboxylic acids is 1. The molecule has 0 aromatic heterocycles. The maximum absolute atomic E-state index is 12.0. The Labute approximate surface area is 123 Å².